The van der Waals surface area contributed by atoms with Crippen molar-refractivity contribution in [3.8, 4) is 10.6 Å². The van der Waals surface area contributed by atoms with Crippen LogP contribution < -0.4 is 16.2 Å². The molecule has 2 unspecified atom stereocenters. The maximum atomic E-state index is 13.0. The molecule has 0 radical (unpaired) electrons. The number of anilines is 2. The normalized spacial score (nSPS) is 19.4. The van der Waals surface area contributed by atoms with Gasteiger partial charge in [-0.3, -0.25) is 9.78 Å². The molecule has 0 bridgehead atoms. The Morgan fingerprint density at radius 1 is 1.29 bits per heavy atom. The van der Waals surface area contributed by atoms with E-state index in [1.165, 1.54) is 11.3 Å². The molecule has 7 nitrogen and oxygen atoms in total. The predicted octanol–water partition coefficient (Wildman–Crippen LogP) is 3.44. The maximum absolute atomic E-state index is 13.0. The molecule has 1 aliphatic carbocycles. The molecular formula is C20H25N5O2S. The third-order valence-electron chi connectivity index (χ3n) is 4.99. The SMILES string of the molecule is CC(C)Nc1nc(NC2CCC(CO)C2)c(-c2nc3ccccc3s2)c(=O)[nH]1. The van der Waals surface area contributed by atoms with Gasteiger partial charge in [0.2, 0.25) is 5.95 Å². The van der Waals surface area contributed by atoms with Crippen LogP contribution in [-0.4, -0.2) is 38.7 Å². The van der Waals surface area contributed by atoms with E-state index in [1.54, 1.807) is 0 Å². The minimum absolute atomic E-state index is 0.148. The van der Waals surface area contributed by atoms with E-state index in [-0.39, 0.29) is 24.2 Å². The number of H-pyrrole nitrogens is 1. The van der Waals surface area contributed by atoms with E-state index < -0.39 is 0 Å². The Balaban J connectivity index is 1.76. The Bertz CT molecular complexity index is 996. The molecular weight excluding hydrogens is 374 g/mol. The summed E-state index contributed by atoms with van der Waals surface area (Å²) in [4.78, 5) is 25.1. The second kappa shape index (κ2) is 7.89. The summed E-state index contributed by atoms with van der Waals surface area (Å²) in [5.74, 6) is 1.30. The van der Waals surface area contributed by atoms with Gasteiger partial charge < -0.3 is 15.7 Å². The third-order valence-corrected chi connectivity index (χ3v) is 6.05. The first kappa shape index (κ1) is 18.9. The van der Waals surface area contributed by atoms with Gasteiger partial charge in [-0.25, -0.2) is 4.98 Å². The van der Waals surface area contributed by atoms with Crippen molar-refractivity contribution in [2.45, 2.75) is 45.2 Å². The number of fused-ring (bicyclic) bond motifs is 1. The summed E-state index contributed by atoms with van der Waals surface area (Å²) in [7, 11) is 0. The lowest BCUT2D eigenvalue weighted by Crippen LogP contribution is -2.24. The van der Waals surface area contributed by atoms with E-state index in [9.17, 15) is 9.90 Å². The molecule has 0 spiro atoms. The molecule has 0 aliphatic heterocycles. The van der Waals surface area contributed by atoms with Gasteiger partial charge in [0.05, 0.1) is 10.2 Å². The zero-order valence-corrected chi connectivity index (χ0v) is 16.8. The summed E-state index contributed by atoms with van der Waals surface area (Å²) < 4.78 is 1.04. The molecule has 2 heterocycles. The average molecular weight is 400 g/mol. The Labute approximate surface area is 167 Å². The Morgan fingerprint density at radius 2 is 2.11 bits per heavy atom. The fraction of sp³-hybridized carbons (Fsp3) is 0.450. The van der Waals surface area contributed by atoms with Gasteiger partial charge in [0.25, 0.3) is 5.56 Å². The average Bonchev–Trinajstić information content (AvgIpc) is 3.27. The second-order valence-electron chi connectivity index (χ2n) is 7.63. The standard InChI is InChI=1S/C20H25N5O2S/c1-11(2)21-20-24-17(22-13-8-7-12(9-13)10-26)16(18(27)25-20)19-23-14-5-3-4-6-15(14)28-19/h3-6,11-13,26H,7-10H2,1-2H3,(H3,21,22,24,25,27). The number of aromatic amines is 1. The number of nitrogens with zero attached hydrogens (tertiary/aromatic N) is 2. The fourth-order valence-electron chi connectivity index (χ4n) is 3.66. The van der Waals surface area contributed by atoms with Crippen molar-refractivity contribution in [2.75, 3.05) is 17.2 Å². The first-order chi connectivity index (χ1) is 13.5. The molecule has 1 fully saturated rings. The molecule has 4 rings (SSSR count). The number of hydrogen-bond acceptors (Lipinski definition) is 7. The van der Waals surface area contributed by atoms with E-state index in [2.05, 4.69) is 25.6 Å². The number of benzene rings is 1. The highest BCUT2D eigenvalue weighted by Gasteiger charge is 2.26. The number of aliphatic hydroxyl groups is 1. The lowest BCUT2D eigenvalue weighted by atomic mass is 10.1. The summed E-state index contributed by atoms with van der Waals surface area (Å²) in [6.07, 6.45) is 2.80. The number of aliphatic hydroxyl groups excluding tert-OH is 1. The zero-order chi connectivity index (χ0) is 19.7. The van der Waals surface area contributed by atoms with Crippen molar-refractivity contribution in [3.63, 3.8) is 0 Å². The molecule has 1 aliphatic rings. The minimum Gasteiger partial charge on any atom is -0.396 e. The maximum Gasteiger partial charge on any atom is 0.264 e. The highest BCUT2D eigenvalue weighted by atomic mass is 32.1. The highest BCUT2D eigenvalue weighted by molar-refractivity contribution is 7.21. The van der Waals surface area contributed by atoms with Gasteiger partial charge in [0.15, 0.2) is 0 Å². The van der Waals surface area contributed by atoms with Crippen LogP contribution in [0.4, 0.5) is 11.8 Å². The van der Waals surface area contributed by atoms with E-state index in [1.807, 2.05) is 38.1 Å². The number of nitrogens with one attached hydrogen (secondary N) is 3. The van der Waals surface area contributed by atoms with Crippen LogP contribution in [0, 0.1) is 5.92 Å². The topological polar surface area (TPSA) is 103 Å². The molecule has 1 aromatic carbocycles. The molecule has 1 saturated carbocycles. The Kier molecular flexibility index (Phi) is 5.32. The summed E-state index contributed by atoms with van der Waals surface area (Å²) in [5, 5.41) is 16.7. The molecule has 4 N–H and O–H groups in total. The smallest absolute Gasteiger partial charge is 0.264 e. The molecule has 3 aromatic rings. The second-order valence-corrected chi connectivity index (χ2v) is 8.66. The molecule has 0 amide bonds. The van der Waals surface area contributed by atoms with Crippen LogP contribution >= 0.6 is 11.3 Å². The Morgan fingerprint density at radius 3 is 2.82 bits per heavy atom. The van der Waals surface area contributed by atoms with Crippen molar-refractivity contribution < 1.29 is 5.11 Å². The highest BCUT2D eigenvalue weighted by Crippen LogP contribution is 2.34. The van der Waals surface area contributed by atoms with Crippen LogP contribution in [0.3, 0.4) is 0 Å². The third kappa shape index (κ3) is 3.88. The van der Waals surface area contributed by atoms with Crippen molar-refractivity contribution >= 4 is 33.3 Å². The van der Waals surface area contributed by atoms with Crippen molar-refractivity contribution in [3.05, 3.63) is 34.6 Å². The van der Waals surface area contributed by atoms with Crippen LogP contribution in [0.1, 0.15) is 33.1 Å². The van der Waals surface area contributed by atoms with Gasteiger partial charge in [0.1, 0.15) is 16.4 Å². The van der Waals surface area contributed by atoms with Gasteiger partial charge in [0, 0.05) is 18.7 Å². The first-order valence-corrected chi connectivity index (χ1v) is 10.5. The predicted molar refractivity (Wildman–Crippen MR) is 114 cm³/mol. The number of para-hydroxylation sites is 1. The van der Waals surface area contributed by atoms with E-state index in [0.29, 0.717) is 28.3 Å². The number of thiazole rings is 1. The van der Waals surface area contributed by atoms with Gasteiger partial charge in [-0.1, -0.05) is 12.1 Å². The van der Waals surface area contributed by atoms with E-state index in [4.69, 9.17) is 0 Å². The van der Waals surface area contributed by atoms with Gasteiger partial charge >= 0.3 is 0 Å². The summed E-state index contributed by atoms with van der Waals surface area (Å²) in [6.45, 7) is 4.20. The van der Waals surface area contributed by atoms with Gasteiger partial charge in [-0.05, 0) is 51.2 Å². The van der Waals surface area contributed by atoms with Crippen molar-refractivity contribution in [1.82, 2.24) is 15.0 Å². The Hall–Kier alpha value is -2.45. The fourth-order valence-corrected chi connectivity index (χ4v) is 4.67. The van der Waals surface area contributed by atoms with Crippen LogP contribution in [-0.2, 0) is 0 Å². The lowest BCUT2D eigenvalue weighted by Gasteiger charge is -2.17. The number of rotatable bonds is 6. The van der Waals surface area contributed by atoms with Crippen LogP contribution in [0.25, 0.3) is 20.8 Å². The minimum atomic E-state index is -0.212. The molecule has 8 heteroatoms. The van der Waals surface area contributed by atoms with Crippen LogP contribution in [0.2, 0.25) is 0 Å². The quantitative estimate of drug-likeness (QED) is 0.506. The molecule has 148 valence electrons. The molecule has 2 aromatic heterocycles. The van der Waals surface area contributed by atoms with Gasteiger partial charge in [-0.2, -0.15) is 4.98 Å². The number of hydrogen-bond donors (Lipinski definition) is 4. The van der Waals surface area contributed by atoms with Crippen LogP contribution in [0.15, 0.2) is 29.1 Å². The molecule has 28 heavy (non-hydrogen) atoms. The summed E-state index contributed by atoms with van der Waals surface area (Å²) in [5.41, 5.74) is 1.14. The van der Waals surface area contributed by atoms with Crippen molar-refractivity contribution in [1.29, 1.82) is 0 Å². The zero-order valence-electron chi connectivity index (χ0n) is 16.0. The first-order valence-electron chi connectivity index (χ1n) is 9.67. The van der Waals surface area contributed by atoms with E-state index >= 15 is 0 Å². The van der Waals surface area contributed by atoms with Gasteiger partial charge in [-0.15, -0.1) is 11.3 Å². The van der Waals surface area contributed by atoms with E-state index in [0.717, 1.165) is 29.5 Å². The molecule has 0 saturated heterocycles. The number of aromatic nitrogens is 3. The summed E-state index contributed by atoms with van der Waals surface area (Å²) >= 11 is 1.49. The largest absolute Gasteiger partial charge is 0.396 e. The van der Waals surface area contributed by atoms with Crippen molar-refractivity contribution in [2.24, 2.45) is 5.92 Å². The lowest BCUT2D eigenvalue weighted by molar-refractivity contribution is 0.229. The molecule has 2 atom stereocenters. The monoisotopic (exact) mass is 399 g/mol. The summed E-state index contributed by atoms with van der Waals surface area (Å²) in [6, 6.07) is 8.19. The van der Waals surface area contributed by atoms with Crippen LogP contribution in [0.5, 0.6) is 0 Å².